The number of benzene rings is 1. The van der Waals surface area contributed by atoms with Crippen molar-refractivity contribution >= 4 is 16.8 Å². The van der Waals surface area contributed by atoms with Crippen LogP contribution in [0.2, 0.25) is 0 Å². The summed E-state index contributed by atoms with van der Waals surface area (Å²) in [5, 5.41) is 4.18. The predicted octanol–water partition coefficient (Wildman–Crippen LogP) is 2.87. The molecule has 112 valence electrons. The Kier molecular flexibility index (Phi) is 3.97. The second-order valence-electron chi connectivity index (χ2n) is 6.16. The summed E-state index contributed by atoms with van der Waals surface area (Å²) in [6.45, 7) is 2.05. The molecule has 0 saturated heterocycles. The lowest BCUT2D eigenvalue weighted by atomic mass is 10.0. The molecule has 21 heavy (non-hydrogen) atoms. The van der Waals surface area contributed by atoms with E-state index in [2.05, 4.69) is 23.3 Å². The first-order chi connectivity index (χ1) is 10.1. The fraction of sp³-hybridized carbons (Fsp3) is 0.471. The van der Waals surface area contributed by atoms with Gasteiger partial charge in [0.15, 0.2) is 0 Å². The van der Waals surface area contributed by atoms with E-state index in [0.29, 0.717) is 5.69 Å². The van der Waals surface area contributed by atoms with Gasteiger partial charge in [-0.1, -0.05) is 30.9 Å². The summed E-state index contributed by atoms with van der Waals surface area (Å²) in [5.74, 6) is -0.0498. The van der Waals surface area contributed by atoms with Gasteiger partial charge in [0, 0.05) is 23.0 Å². The molecule has 1 aromatic carbocycles. The Hall–Kier alpha value is -1.81. The highest BCUT2D eigenvalue weighted by atomic mass is 16.1. The van der Waals surface area contributed by atoms with Crippen molar-refractivity contribution in [1.29, 1.82) is 0 Å². The summed E-state index contributed by atoms with van der Waals surface area (Å²) in [7, 11) is 0. The largest absolute Gasteiger partial charge is 0.351 e. The maximum absolute atomic E-state index is 12.4. The molecule has 0 unspecified atom stereocenters. The second kappa shape index (κ2) is 5.90. The normalized spacial score (nSPS) is 23.0. The van der Waals surface area contributed by atoms with Crippen LogP contribution >= 0.6 is 0 Å². The Morgan fingerprint density at radius 3 is 2.90 bits per heavy atom. The highest BCUT2D eigenvalue weighted by molar-refractivity contribution is 5.98. The van der Waals surface area contributed by atoms with E-state index >= 15 is 0 Å². The SMILES string of the molecule is Cc1ccc2[nH]c(C(=O)N[C@H]3CCCCC[C@@H]3N)cc2c1. The fourth-order valence-corrected chi connectivity index (χ4v) is 3.14. The maximum Gasteiger partial charge on any atom is 0.268 e. The van der Waals surface area contributed by atoms with Gasteiger partial charge in [0.25, 0.3) is 5.91 Å². The number of carbonyl (C=O) groups excluding carboxylic acids is 1. The van der Waals surface area contributed by atoms with E-state index in [0.717, 1.165) is 30.2 Å². The van der Waals surface area contributed by atoms with Crippen molar-refractivity contribution in [2.24, 2.45) is 5.73 Å². The first kappa shape index (κ1) is 14.1. The molecule has 2 aromatic rings. The van der Waals surface area contributed by atoms with Crippen LogP contribution in [0, 0.1) is 6.92 Å². The molecular weight excluding hydrogens is 262 g/mol. The molecule has 0 aliphatic heterocycles. The molecule has 1 aliphatic carbocycles. The van der Waals surface area contributed by atoms with E-state index in [1.54, 1.807) is 0 Å². The number of nitrogens with one attached hydrogen (secondary N) is 2. The van der Waals surface area contributed by atoms with Gasteiger partial charge in [-0.3, -0.25) is 4.79 Å². The number of amides is 1. The van der Waals surface area contributed by atoms with Crippen molar-refractivity contribution in [1.82, 2.24) is 10.3 Å². The number of aromatic amines is 1. The Labute approximate surface area is 125 Å². The molecule has 1 heterocycles. The number of nitrogens with two attached hydrogens (primary N) is 1. The van der Waals surface area contributed by atoms with Crippen molar-refractivity contribution in [2.45, 2.75) is 51.1 Å². The predicted molar refractivity (Wildman–Crippen MR) is 85.4 cm³/mol. The summed E-state index contributed by atoms with van der Waals surface area (Å²) < 4.78 is 0. The number of fused-ring (bicyclic) bond motifs is 1. The number of aromatic nitrogens is 1. The molecular formula is C17H23N3O. The smallest absolute Gasteiger partial charge is 0.268 e. The van der Waals surface area contributed by atoms with E-state index in [4.69, 9.17) is 5.73 Å². The first-order valence-electron chi connectivity index (χ1n) is 7.79. The van der Waals surface area contributed by atoms with Crippen LogP contribution in [0.3, 0.4) is 0 Å². The maximum atomic E-state index is 12.4. The van der Waals surface area contributed by atoms with Crippen LogP contribution in [0.5, 0.6) is 0 Å². The zero-order valence-electron chi connectivity index (χ0n) is 12.5. The van der Waals surface area contributed by atoms with E-state index in [1.165, 1.54) is 18.4 Å². The second-order valence-corrected chi connectivity index (χ2v) is 6.16. The number of rotatable bonds is 2. The summed E-state index contributed by atoms with van der Waals surface area (Å²) in [5.41, 5.74) is 8.98. The number of hydrogen-bond acceptors (Lipinski definition) is 2. The van der Waals surface area contributed by atoms with Crippen molar-refractivity contribution < 1.29 is 4.79 Å². The van der Waals surface area contributed by atoms with Gasteiger partial charge in [0.1, 0.15) is 5.69 Å². The van der Waals surface area contributed by atoms with Crippen LogP contribution in [0.15, 0.2) is 24.3 Å². The van der Waals surface area contributed by atoms with Crippen LogP contribution in [-0.4, -0.2) is 23.0 Å². The van der Waals surface area contributed by atoms with Crippen LogP contribution in [-0.2, 0) is 0 Å². The average molecular weight is 285 g/mol. The third kappa shape index (κ3) is 3.10. The molecule has 4 heteroatoms. The zero-order chi connectivity index (χ0) is 14.8. The molecule has 1 aliphatic rings. The molecule has 3 rings (SSSR count). The van der Waals surface area contributed by atoms with Gasteiger partial charge in [-0.15, -0.1) is 0 Å². The molecule has 2 atom stereocenters. The Morgan fingerprint density at radius 2 is 2.05 bits per heavy atom. The standard InChI is InChI=1S/C17H23N3O/c1-11-7-8-14-12(9-11)10-16(19-14)17(21)20-15-6-4-2-3-5-13(15)18/h7-10,13,15,19H,2-6,18H2,1H3,(H,20,21)/t13-,15-/m0/s1. The van der Waals surface area contributed by atoms with Gasteiger partial charge in [0.05, 0.1) is 0 Å². The molecule has 1 fully saturated rings. The Bertz CT molecular complexity index is 647. The highest BCUT2D eigenvalue weighted by Crippen LogP contribution is 2.19. The molecule has 1 saturated carbocycles. The molecule has 1 aromatic heterocycles. The van der Waals surface area contributed by atoms with E-state index in [9.17, 15) is 4.79 Å². The number of carbonyl (C=O) groups is 1. The van der Waals surface area contributed by atoms with Gasteiger partial charge < -0.3 is 16.0 Å². The van der Waals surface area contributed by atoms with Gasteiger partial charge in [-0.05, 0) is 38.0 Å². The third-order valence-corrected chi connectivity index (χ3v) is 4.41. The summed E-state index contributed by atoms with van der Waals surface area (Å²) in [4.78, 5) is 15.6. The van der Waals surface area contributed by atoms with Gasteiger partial charge in [0.2, 0.25) is 0 Å². The minimum atomic E-state index is -0.0498. The van der Waals surface area contributed by atoms with E-state index in [-0.39, 0.29) is 18.0 Å². The number of H-pyrrole nitrogens is 1. The molecule has 4 nitrogen and oxygen atoms in total. The zero-order valence-corrected chi connectivity index (χ0v) is 12.5. The fourth-order valence-electron chi connectivity index (χ4n) is 3.14. The molecule has 4 N–H and O–H groups in total. The third-order valence-electron chi connectivity index (χ3n) is 4.41. The average Bonchev–Trinajstić information content (AvgIpc) is 2.78. The minimum Gasteiger partial charge on any atom is -0.351 e. The van der Waals surface area contributed by atoms with Gasteiger partial charge in [-0.25, -0.2) is 0 Å². The molecule has 0 radical (unpaired) electrons. The summed E-state index contributed by atoms with van der Waals surface area (Å²) in [6.07, 6.45) is 5.50. The summed E-state index contributed by atoms with van der Waals surface area (Å²) >= 11 is 0. The lowest BCUT2D eigenvalue weighted by molar-refractivity contribution is 0.0924. The van der Waals surface area contributed by atoms with E-state index < -0.39 is 0 Å². The first-order valence-corrected chi connectivity index (χ1v) is 7.79. The van der Waals surface area contributed by atoms with Gasteiger partial charge >= 0.3 is 0 Å². The van der Waals surface area contributed by atoms with Crippen LogP contribution in [0.4, 0.5) is 0 Å². The Morgan fingerprint density at radius 1 is 1.24 bits per heavy atom. The van der Waals surface area contributed by atoms with Crippen LogP contribution in [0.1, 0.15) is 48.2 Å². The number of hydrogen-bond donors (Lipinski definition) is 3. The lowest BCUT2D eigenvalue weighted by Gasteiger charge is -2.22. The molecule has 0 spiro atoms. The topological polar surface area (TPSA) is 70.9 Å². The summed E-state index contributed by atoms with van der Waals surface area (Å²) in [6, 6.07) is 8.22. The van der Waals surface area contributed by atoms with Crippen molar-refractivity contribution in [3.63, 3.8) is 0 Å². The van der Waals surface area contributed by atoms with Crippen LogP contribution in [0.25, 0.3) is 10.9 Å². The highest BCUT2D eigenvalue weighted by Gasteiger charge is 2.23. The Balaban J connectivity index is 1.76. The van der Waals surface area contributed by atoms with Crippen LogP contribution < -0.4 is 11.1 Å². The van der Waals surface area contributed by atoms with Crippen molar-refractivity contribution in [3.8, 4) is 0 Å². The molecule has 0 bridgehead atoms. The number of aryl methyl sites for hydroxylation is 1. The van der Waals surface area contributed by atoms with E-state index in [1.807, 2.05) is 18.2 Å². The lowest BCUT2D eigenvalue weighted by Crippen LogP contribution is -2.47. The van der Waals surface area contributed by atoms with Gasteiger partial charge in [-0.2, -0.15) is 0 Å². The molecule has 1 amide bonds. The van der Waals surface area contributed by atoms with Crippen molar-refractivity contribution in [3.05, 3.63) is 35.5 Å². The minimum absolute atomic E-state index is 0.0498. The quantitative estimate of drug-likeness (QED) is 0.742. The van der Waals surface area contributed by atoms with Crippen molar-refractivity contribution in [2.75, 3.05) is 0 Å². The monoisotopic (exact) mass is 285 g/mol.